The highest BCUT2D eigenvalue weighted by Gasteiger charge is 2.09. The van der Waals surface area contributed by atoms with Crippen LogP contribution in [0.5, 0.6) is 0 Å². The van der Waals surface area contributed by atoms with Gasteiger partial charge in [-0.05, 0) is 41.1 Å². The minimum atomic E-state index is 0.0606. The number of tetrazole rings is 1. The van der Waals surface area contributed by atoms with Crippen molar-refractivity contribution in [1.29, 1.82) is 0 Å². The fraction of sp³-hybridized carbons (Fsp3) is 0.500. The van der Waals surface area contributed by atoms with Gasteiger partial charge in [0.1, 0.15) is 6.33 Å². The van der Waals surface area contributed by atoms with Crippen LogP contribution in [-0.4, -0.2) is 70.3 Å². The zero-order valence-electron chi connectivity index (χ0n) is 13.7. The summed E-state index contributed by atoms with van der Waals surface area (Å²) >= 11 is 0. The Labute approximate surface area is 141 Å². The van der Waals surface area contributed by atoms with Gasteiger partial charge in [0.05, 0.1) is 12.1 Å². The van der Waals surface area contributed by atoms with Crippen LogP contribution < -0.4 is 10.6 Å². The van der Waals surface area contributed by atoms with Crippen molar-refractivity contribution in [2.45, 2.75) is 12.8 Å². The standard InChI is InChI=1S/C16H23N7O/c24-16(18-6-1-9-22-10-7-17-8-11-22)12-14-2-4-15(5-3-14)23-13-19-20-21-23/h2-5,13,17H,1,6-12H2,(H,18,24). The van der Waals surface area contributed by atoms with Crippen molar-refractivity contribution in [2.24, 2.45) is 0 Å². The van der Waals surface area contributed by atoms with Gasteiger partial charge in [-0.1, -0.05) is 12.1 Å². The van der Waals surface area contributed by atoms with E-state index in [2.05, 4.69) is 31.1 Å². The maximum Gasteiger partial charge on any atom is 0.224 e. The van der Waals surface area contributed by atoms with E-state index in [-0.39, 0.29) is 5.91 Å². The molecule has 0 saturated carbocycles. The molecule has 24 heavy (non-hydrogen) atoms. The molecule has 8 nitrogen and oxygen atoms in total. The van der Waals surface area contributed by atoms with Gasteiger partial charge in [0, 0.05) is 32.7 Å². The number of rotatable bonds is 7. The van der Waals surface area contributed by atoms with Crippen LogP contribution in [0.3, 0.4) is 0 Å². The summed E-state index contributed by atoms with van der Waals surface area (Å²) in [6, 6.07) is 7.67. The lowest BCUT2D eigenvalue weighted by Crippen LogP contribution is -2.44. The molecule has 3 rings (SSSR count). The average Bonchev–Trinajstić information content (AvgIpc) is 3.15. The number of hydrogen-bond donors (Lipinski definition) is 2. The van der Waals surface area contributed by atoms with E-state index in [1.807, 2.05) is 24.3 Å². The van der Waals surface area contributed by atoms with Gasteiger partial charge in [0.25, 0.3) is 0 Å². The van der Waals surface area contributed by atoms with Crippen molar-refractivity contribution in [1.82, 2.24) is 35.7 Å². The van der Waals surface area contributed by atoms with Crippen LogP contribution in [0.2, 0.25) is 0 Å². The Bertz CT molecular complexity index is 620. The smallest absolute Gasteiger partial charge is 0.224 e. The molecule has 8 heteroatoms. The fourth-order valence-electron chi connectivity index (χ4n) is 2.76. The van der Waals surface area contributed by atoms with E-state index in [1.165, 1.54) is 0 Å². The molecule has 0 unspecified atom stereocenters. The monoisotopic (exact) mass is 329 g/mol. The minimum Gasteiger partial charge on any atom is -0.356 e. The van der Waals surface area contributed by atoms with Gasteiger partial charge in [0.2, 0.25) is 5.91 Å². The summed E-state index contributed by atoms with van der Waals surface area (Å²) in [5.74, 6) is 0.0606. The van der Waals surface area contributed by atoms with E-state index in [1.54, 1.807) is 11.0 Å². The fourth-order valence-corrected chi connectivity index (χ4v) is 2.76. The SMILES string of the molecule is O=C(Cc1ccc(-n2cnnn2)cc1)NCCCN1CCNCC1. The molecule has 1 aliphatic heterocycles. The van der Waals surface area contributed by atoms with Crippen molar-refractivity contribution in [2.75, 3.05) is 39.3 Å². The third-order valence-corrected chi connectivity index (χ3v) is 4.10. The predicted molar refractivity (Wildman–Crippen MR) is 89.8 cm³/mol. The third-order valence-electron chi connectivity index (χ3n) is 4.10. The number of piperazine rings is 1. The summed E-state index contributed by atoms with van der Waals surface area (Å²) in [6.45, 7) is 6.09. The molecule has 1 aliphatic rings. The minimum absolute atomic E-state index is 0.0606. The van der Waals surface area contributed by atoms with Crippen LogP contribution in [0.15, 0.2) is 30.6 Å². The molecule has 1 fully saturated rings. The normalized spacial score (nSPS) is 15.3. The summed E-state index contributed by atoms with van der Waals surface area (Å²) in [7, 11) is 0. The number of carbonyl (C=O) groups excluding carboxylic acids is 1. The number of amides is 1. The zero-order chi connectivity index (χ0) is 16.6. The molecular weight excluding hydrogens is 306 g/mol. The number of nitrogens with zero attached hydrogens (tertiary/aromatic N) is 5. The van der Waals surface area contributed by atoms with Crippen LogP contribution in [0.25, 0.3) is 5.69 Å². The summed E-state index contributed by atoms with van der Waals surface area (Å²) < 4.78 is 1.58. The van der Waals surface area contributed by atoms with E-state index in [0.29, 0.717) is 6.42 Å². The Balaban J connectivity index is 1.37. The molecule has 2 aromatic rings. The molecule has 1 amide bonds. The first kappa shape index (κ1) is 16.5. The molecule has 2 N–H and O–H groups in total. The van der Waals surface area contributed by atoms with E-state index >= 15 is 0 Å². The lowest BCUT2D eigenvalue weighted by atomic mass is 10.1. The number of aromatic nitrogens is 4. The third kappa shape index (κ3) is 4.84. The largest absolute Gasteiger partial charge is 0.356 e. The van der Waals surface area contributed by atoms with Crippen molar-refractivity contribution < 1.29 is 4.79 Å². The Morgan fingerprint density at radius 3 is 2.71 bits per heavy atom. The predicted octanol–water partition coefficient (Wildman–Crippen LogP) is -0.384. The quantitative estimate of drug-likeness (QED) is 0.673. The Kier molecular flexibility index (Phi) is 5.86. The Morgan fingerprint density at radius 2 is 2.00 bits per heavy atom. The molecule has 0 atom stereocenters. The van der Waals surface area contributed by atoms with Gasteiger partial charge in [-0.2, -0.15) is 0 Å². The second-order valence-corrected chi connectivity index (χ2v) is 5.89. The molecule has 1 aromatic heterocycles. The van der Waals surface area contributed by atoms with Crippen molar-refractivity contribution in [3.63, 3.8) is 0 Å². The first-order chi connectivity index (χ1) is 11.8. The van der Waals surface area contributed by atoms with Gasteiger partial charge in [0.15, 0.2) is 0 Å². The highest BCUT2D eigenvalue weighted by atomic mass is 16.1. The van der Waals surface area contributed by atoms with Crippen LogP contribution >= 0.6 is 0 Å². The molecule has 2 heterocycles. The number of nitrogens with one attached hydrogen (secondary N) is 2. The first-order valence-corrected chi connectivity index (χ1v) is 8.33. The molecular formula is C16H23N7O. The van der Waals surface area contributed by atoms with Crippen molar-refractivity contribution in [3.05, 3.63) is 36.2 Å². The summed E-state index contributed by atoms with van der Waals surface area (Å²) in [5.41, 5.74) is 1.85. The lowest BCUT2D eigenvalue weighted by Gasteiger charge is -2.27. The number of carbonyl (C=O) groups is 1. The van der Waals surface area contributed by atoms with E-state index in [9.17, 15) is 4.79 Å². The van der Waals surface area contributed by atoms with Crippen molar-refractivity contribution >= 4 is 5.91 Å². The molecule has 1 saturated heterocycles. The Hall–Kier alpha value is -2.32. The average molecular weight is 329 g/mol. The summed E-state index contributed by atoms with van der Waals surface area (Å²) in [4.78, 5) is 14.4. The maximum atomic E-state index is 12.0. The van der Waals surface area contributed by atoms with Crippen molar-refractivity contribution in [3.8, 4) is 5.69 Å². The van der Waals surface area contributed by atoms with Crippen LogP contribution in [0, 0.1) is 0 Å². The number of benzene rings is 1. The van der Waals surface area contributed by atoms with Gasteiger partial charge in [-0.25, -0.2) is 4.68 Å². The van der Waals surface area contributed by atoms with E-state index < -0.39 is 0 Å². The molecule has 0 bridgehead atoms. The van der Waals surface area contributed by atoms with Crippen LogP contribution in [0.4, 0.5) is 0 Å². The maximum absolute atomic E-state index is 12.0. The van der Waals surface area contributed by atoms with E-state index in [0.717, 1.165) is 56.9 Å². The molecule has 0 spiro atoms. The van der Waals surface area contributed by atoms with Gasteiger partial charge < -0.3 is 15.5 Å². The molecule has 1 aromatic carbocycles. The summed E-state index contributed by atoms with van der Waals surface area (Å²) in [5, 5.41) is 17.4. The molecule has 0 radical (unpaired) electrons. The first-order valence-electron chi connectivity index (χ1n) is 8.33. The second-order valence-electron chi connectivity index (χ2n) is 5.89. The Morgan fingerprint density at radius 1 is 1.21 bits per heavy atom. The van der Waals surface area contributed by atoms with Gasteiger partial charge in [-0.15, -0.1) is 5.10 Å². The van der Waals surface area contributed by atoms with E-state index in [4.69, 9.17) is 0 Å². The lowest BCUT2D eigenvalue weighted by molar-refractivity contribution is -0.120. The molecule has 0 aliphatic carbocycles. The highest BCUT2D eigenvalue weighted by molar-refractivity contribution is 5.78. The van der Waals surface area contributed by atoms with Crippen LogP contribution in [-0.2, 0) is 11.2 Å². The van der Waals surface area contributed by atoms with Crippen LogP contribution in [0.1, 0.15) is 12.0 Å². The number of hydrogen-bond acceptors (Lipinski definition) is 6. The van der Waals surface area contributed by atoms with Gasteiger partial charge >= 0.3 is 0 Å². The highest BCUT2D eigenvalue weighted by Crippen LogP contribution is 2.08. The molecule has 128 valence electrons. The summed E-state index contributed by atoms with van der Waals surface area (Å²) in [6.07, 6.45) is 2.92. The second kappa shape index (κ2) is 8.51. The topological polar surface area (TPSA) is 88.0 Å². The van der Waals surface area contributed by atoms with Gasteiger partial charge in [-0.3, -0.25) is 4.79 Å². The zero-order valence-corrected chi connectivity index (χ0v) is 13.7.